The lowest BCUT2D eigenvalue weighted by Crippen LogP contribution is -2.45. The molecule has 1 spiro atoms. The molecule has 0 radical (unpaired) electrons. The van der Waals surface area contributed by atoms with Crippen LogP contribution in [0.5, 0.6) is 11.5 Å². The number of ether oxygens (including phenoxy) is 3. The average molecular weight is 517 g/mol. The summed E-state index contributed by atoms with van der Waals surface area (Å²) in [6, 6.07) is 17.7. The second-order valence-corrected chi connectivity index (χ2v) is 12.3. The molecule has 5 rings (SSSR count). The van der Waals surface area contributed by atoms with Gasteiger partial charge in [-0.3, -0.25) is 0 Å². The maximum atomic E-state index is 15.0. The van der Waals surface area contributed by atoms with Crippen LogP contribution in [0.1, 0.15) is 81.7 Å². The topological polar surface area (TPSA) is 27.7 Å². The maximum Gasteiger partial charge on any atom is 0.131 e. The van der Waals surface area contributed by atoms with Gasteiger partial charge in [0.1, 0.15) is 23.9 Å². The summed E-state index contributed by atoms with van der Waals surface area (Å²) >= 11 is 0. The highest BCUT2D eigenvalue weighted by molar-refractivity contribution is 5.70. The van der Waals surface area contributed by atoms with E-state index in [9.17, 15) is 0 Å². The number of aryl methyl sites for hydroxylation is 1. The first-order chi connectivity index (χ1) is 18.2. The molecule has 202 valence electrons. The van der Waals surface area contributed by atoms with Gasteiger partial charge in [-0.15, -0.1) is 0 Å². The molecule has 0 saturated heterocycles. The Morgan fingerprint density at radius 2 is 1.74 bits per heavy atom. The fourth-order valence-corrected chi connectivity index (χ4v) is 6.72. The van der Waals surface area contributed by atoms with Gasteiger partial charge in [0.2, 0.25) is 0 Å². The molecule has 38 heavy (non-hydrogen) atoms. The summed E-state index contributed by atoms with van der Waals surface area (Å²) in [7, 11) is 3.31. The Hall–Kier alpha value is -2.85. The van der Waals surface area contributed by atoms with Crippen LogP contribution in [-0.2, 0) is 23.2 Å². The lowest BCUT2D eigenvalue weighted by molar-refractivity contribution is 0.0155. The van der Waals surface area contributed by atoms with Crippen molar-refractivity contribution in [1.82, 2.24) is 0 Å². The summed E-state index contributed by atoms with van der Waals surface area (Å²) in [5.41, 5.74) is 6.45. The van der Waals surface area contributed by atoms with Crippen molar-refractivity contribution in [2.75, 3.05) is 14.2 Å². The largest absolute Gasteiger partial charge is 0.497 e. The molecule has 0 amide bonds. The summed E-state index contributed by atoms with van der Waals surface area (Å²) in [5.74, 6) is 2.00. The van der Waals surface area contributed by atoms with Crippen molar-refractivity contribution < 1.29 is 18.6 Å². The first-order valence-electron chi connectivity index (χ1n) is 13.9. The molecule has 3 aromatic carbocycles. The van der Waals surface area contributed by atoms with Crippen LogP contribution in [0.4, 0.5) is 4.39 Å². The van der Waals surface area contributed by atoms with Crippen molar-refractivity contribution in [2.24, 2.45) is 11.3 Å². The molecule has 1 fully saturated rings. The molecule has 2 aliphatic carbocycles. The van der Waals surface area contributed by atoms with Crippen molar-refractivity contribution in [3.05, 3.63) is 82.7 Å². The standard InChI is InChI=1S/C34H41FO3/c1-22-15-17-34(22)16-7-8-24-10-11-26(20-30(24)34)38-21-23-9-13-27(28-19-25(36-5)12-14-31(28)35)29(18-23)32(37-6)33(2,3)4/h9-14,18-20,22,32H,7-8,15-17,21H2,1-6H3/t22-,32-,34-/m1/s1. The van der Waals surface area contributed by atoms with Gasteiger partial charge in [0.25, 0.3) is 0 Å². The van der Waals surface area contributed by atoms with Crippen LogP contribution in [-0.4, -0.2) is 14.2 Å². The van der Waals surface area contributed by atoms with Crippen LogP contribution in [0.25, 0.3) is 11.1 Å². The lowest BCUT2D eigenvalue weighted by atomic mass is 9.52. The third kappa shape index (κ3) is 4.84. The van der Waals surface area contributed by atoms with Crippen molar-refractivity contribution in [3.63, 3.8) is 0 Å². The van der Waals surface area contributed by atoms with Gasteiger partial charge in [-0.05, 0) is 113 Å². The number of hydrogen-bond acceptors (Lipinski definition) is 3. The van der Waals surface area contributed by atoms with Gasteiger partial charge in [0.15, 0.2) is 0 Å². The first-order valence-corrected chi connectivity index (χ1v) is 13.9. The van der Waals surface area contributed by atoms with Gasteiger partial charge in [0, 0.05) is 12.7 Å². The van der Waals surface area contributed by atoms with E-state index in [-0.39, 0.29) is 17.3 Å². The molecular weight excluding hydrogens is 475 g/mol. The van der Waals surface area contributed by atoms with E-state index in [4.69, 9.17) is 14.2 Å². The maximum absolute atomic E-state index is 15.0. The summed E-state index contributed by atoms with van der Waals surface area (Å²) in [5, 5.41) is 0. The van der Waals surface area contributed by atoms with Crippen molar-refractivity contribution in [1.29, 1.82) is 0 Å². The van der Waals surface area contributed by atoms with Gasteiger partial charge in [-0.2, -0.15) is 0 Å². The van der Waals surface area contributed by atoms with Crippen molar-refractivity contribution in [2.45, 2.75) is 77.9 Å². The molecule has 0 aromatic heterocycles. The molecule has 3 atom stereocenters. The number of benzene rings is 3. The second-order valence-electron chi connectivity index (χ2n) is 12.3. The average Bonchev–Trinajstić information content (AvgIpc) is 2.90. The van der Waals surface area contributed by atoms with Crippen LogP contribution in [0.15, 0.2) is 54.6 Å². The molecule has 2 aliphatic rings. The predicted octanol–water partition coefficient (Wildman–Crippen LogP) is 8.82. The minimum atomic E-state index is -0.284. The monoisotopic (exact) mass is 516 g/mol. The highest BCUT2D eigenvalue weighted by Crippen LogP contribution is 2.55. The zero-order valence-electron chi connectivity index (χ0n) is 23.7. The Labute approximate surface area is 227 Å². The van der Waals surface area contributed by atoms with E-state index in [1.54, 1.807) is 26.4 Å². The minimum Gasteiger partial charge on any atom is -0.497 e. The molecule has 3 nitrogen and oxygen atoms in total. The van der Waals surface area contributed by atoms with Crippen LogP contribution >= 0.6 is 0 Å². The summed E-state index contributed by atoms with van der Waals surface area (Å²) in [4.78, 5) is 0. The van der Waals surface area contributed by atoms with Gasteiger partial charge < -0.3 is 14.2 Å². The molecular formula is C34H41FO3. The number of methoxy groups -OCH3 is 2. The fraction of sp³-hybridized carbons (Fsp3) is 0.471. The van der Waals surface area contributed by atoms with Crippen molar-refractivity contribution >= 4 is 0 Å². The third-order valence-electron chi connectivity index (χ3n) is 8.94. The molecule has 4 heteroatoms. The number of hydrogen-bond donors (Lipinski definition) is 0. The zero-order chi connectivity index (χ0) is 27.1. The SMILES string of the molecule is COc1ccc(F)c(-c2ccc(COc3ccc4c(c3)[C@]3(CCC4)CC[C@H]3C)cc2[C@@H](OC)C(C)(C)C)c1. The molecule has 3 aromatic rings. The Morgan fingerprint density at radius 1 is 0.947 bits per heavy atom. The van der Waals surface area contributed by atoms with E-state index < -0.39 is 0 Å². The number of fused-ring (bicyclic) bond motifs is 2. The lowest BCUT2D eigenvalue weighted by Gasteiger charge is -2.52. The predicted molar refractivity (Wildman–Crippen MR) is 151 cm³/mol. The second kappa shape index (κ2) is 10.4. The van der Waals surface area contributed by atoms with E-state index in [1.807, 2.05) is 12.1 Å². The number of rotatable bonds is 7. The Morgan fingerprint density at radius 3 is 2.39 bits per heavy atom. The quantitative estimate of drug-likeness (QED) is 0.314. The van der Waals surface area contributed by atoms with Gasteiger partial charge in [-0.25, -0.2) is 4.39 Å². The smallest absolute Gasteiger partial charge is 0.131 e. The van der Waals surface area contributed by atoms with E-state index in [2.05, 4.69) is 52.0 Å². The Bertz CT molecular complexity index is 1310. The van der Waals surface area contributed by atoms with Crippen molar-refractivity contribution in [3.8, 4) is 22.6 Å². The van der Waals surface area contributed by atoms with Gasteiger partial charge in [-0.1, -0.05) is 45.9 Å². The molecule has 1 saturated carbocycles. The van der Waals surface area contributed by atoms with Crippen LogP contribution in [0, 0.1) is 17.2 Å². The third-order valence-corrected chi connectivity index (χ3v) is 8.94. The molecule has 0 unspecified atom stereocenters. The summed E-state index contributed by atoms with van der Waals surface area (Å²) in [6.45, 7) is 9.26. The highest BCUT2D eigenvalue weighted by Gasteiger charge is 2.47. The highest BCUT2D eigenvalue weighted by atomic mass is 19.1. The van der Waals surface area contributed by atoms with Crippen LogP contribution in [0.2, 0.25) is 0 Å². The zero-order valence-corrected chi connectivity index (χ0v) is 23.7. The molecule has 0 bridgehead atoms. The summed E-state index contributed by atoms with van der Waals surface area (Å²) < 4.78 is 32.8. The summed E-state index contributed by atoms with van der Waals surface area (Å²) in [6.07, 6.45) is 6.13. The van der Waals surface area contributed by atoms with Crippen LogP contribution < -0.4 is 9.47 Å². The van der Waals surface area contributed by atoms with E-state index in [0.717, 1.165) is 28.4 Å². The first kappa shape index (κ1) is 26.7. The Balaban J connectivity index is 1.47. The fourth-order valence-electron chi connectivity index (χ4n) is 6.72. The van der Waals surface area contributed by atoms with E-state index >= 15 is 4.39 Å². The molecule has 0 N–H and O–H groups in total. The van der Waals surface area contributed by atoms with Gasteiger partial charge >= 0.3 is 0 Å². The number of halogens is 1. The normalized spacial score (nSPS) is 21.5. The molecule has 0 heterocycles. The van der Waals surface area contributed by atoms with E-state index in [0.29, 0.717) is 23.3 Å². The molecule has 0 aliphatic heterocycles. The van der Waals surface area contributed by atoms with Gasteiger partial charge in [0.05, 0.1) is 13.2 Å². The Kier molecular flexibility index (Phi) is 7.30. The van der Waals surface area contributed by atoms with Crippen LogP contribution in [0.3, 0.4) is 0 Å². The van der Waals surface area contributed by atoms with E-state index in [1.165, 1.54) is 49.3 Å². The minimum absolute atomic E-state index is 0.190.